The molecule has 0 aliphatic carbocycles. The first-order valence-corrected chi connectivity index (χ1v) is 12.8. The summed E-state index contributed by atoms with van der Waals surface area (Å²) < 4.78 is 11.7. The summed E-state index contributed by atoms with van der Waals surface area (Å²) in [6.45, 7) is 5.17. The predicted octanol–water partition coefficient (Wildman–Crippen LogP) is 5.81. The molecule has 0 bridgehead atoms. The van der Waals surface area contributed by atoms with Crippen LogP contribution in [-0.4, -0.2) is 62.1 Å². The third-order valence-corrected chi connectivity index (χ3v) is 6.07. The highest BCUT2D eigenvalue weighted by Crippen LogP contribution is 2.38. The van der Waals surface area contributed by atoms with Gasteiger partial charge in [-0.1, -0.05) is 36.9 Å². The maximum atomic E-state index is 12.2. The maximum absolute atomic E-state index is 12.2. The van der Waals surface area contributed by atoms with Crippen molar-refractivity contribution in [3.8, 4) is 28.5 Å². The summed E-state index contributed by atoms with van der Waals surface area (Å²) in [6, 6.07) is 22.9. The molecule has 0 saturated carbocycles. The summed E-state index contributed by atoms with van der Waals surface area (Å²) in [6.07, 6.45) is 2.93. The Morgan fingerprint density at radius 3 is 2.45 bits per heavy atom. The number of benzene rings is 3. The van der Waals surface area contributed by atoms with Gasteiger partial charge < -0.3 is 29.9 Å². The number of rotatable bonds is 12. The SMILES string of the molecule is C=CC(=O)Nc1cc(Nc2nccc(-c3cccc(Oc4ccccc4)c3)n2)c(OC)cc1N(C)CCN(C)C. The van der Waals surface area contributed by atoms with E-state index in [1.807, 2.05) is 93.9 Å². The first-order chi connectivity index (χ1) is 19.4. The average Bonchev–Trinajstić information content (AvgIpc) is 2.97. The van der Waals surface area contributed by atoms with E-state index in [2.05, 4.69) is 32.0 Å². The van der Waals surface area contributed by atoms with Crippen LogP contribution < -0.4 is 25.0 Å². The largest absolute Gasteiger partial charge is 0.494 e. The molecule has 1 aromatic heterocycles. The van der Waals surface area contributed by atoms with E-state index in [0.717, 1.165) is 35.8 Å². The quantitative estimate of drug-likeness (QED) is 0.218. The second-order valence-electron chi connectivity index (χ2n) is 9.32. The molecule has 0 fully saturated rings. The fourth-order valence-corrected chi connectivity index (χ4v) is 3.95. The number of likely N-dealkylation sites (N-methyl/N-ethyl adjacent to an activating group) is 2. The number of aromatic nitrogens is 2. The molecule has 1 heterocycles. The van der Waals surface area contributed by atoms with Crippen LogP contribution in [0.5, 0.6) is 17.2 Å². The Kier molecular flexibility index (Phi) is 9.32. The Morgan fingerprint density at radius 2 is 1.73 bits per heavy atom. The second kappa shape index (κ2) is 13.3. The maximum Gasteiger partial charge on any atom is 0.247 e. The van der Waals surface area contributed by atoms with E-state index in [1.54, 1.807) is 13.3 Å². The lowest BCUT2D eigenvalue weighted by molar-refractivity contribution is -0.111. The molecular weight excluding hydrogens is 504 g/mol. The monoisotopic (exact) mass is 538 g/mol. The zero-order chi connectivity index (χ0) is 28.5. The molecule has 9 nitrogen and oxygen atoms in total. The van der Waals surface area contributed by atoms with Gasteiger partial charge in [-0.15, -0.1) is 0 Å². The zero-order valence-corrected chi connectivity index (χ0v) is 23.2. The molecule has 0 aliphatic rings. The Morgan fingerprint density at radius 1 is 0.950 bits per heavy atom. The van der Waals surface area contributed by atoms with Crippen molar-refractivity contribution >= 4 is 28.9 Å². The van der Waals surface area contributed by atoms with E-state index in [1.165, 1.54) is 6.08 Å². The van der Waals surface area contributed by atoms with Crippen LogP contribution in [0.2, 0.25) is 0 Å². The smallest absolute Gasteiger partial charge is 0.247 e. The van der Waals surface area contributed by atoms with E-state index >= 15 is 0 Å². The van der Waals surface area contributed by atoms with Crippen LogP contribution >= 0.6 is 0 Å². The van der Waals surface area contributed by atoms with Crippen molar-refractivity contribution in [3.63, 3.8) is 0 Å². The number of carbonyl (C=O) groups excluding carboxylic acids is 1. The molecule has 40 heavy (non-hydrogen) atoms. The molecule has 0 radical (unpaired) electrons. The third kappa shape index (κ3) is 7.36. The van der Waals surface area contributed by atoms with Gasteiger partial charge in [-0.25, -0.2) is 9.97 Å². The molecule has 0 saturated heterocycles. The third-order valence-electron chi connectivity index (χ3n) is 6.07. The standard InChI is InChI=1S/C31H34N6O3/c1-6-30(38)33-26-20-27(29(39-5)21-28(26)37(4)18-17-36(2)3)35-31-32-16-15-25(34-31)22-11-10-14-24(19-22)40-23-12-8-7-9-13-23/h6-16,19-21H,1,17-18H2,2-5H3,(H,33,38)(H,32,34,35). The predicted molar refractivity (Wildman–Crippen MR) is 161 cm³/mol. The molecular formula is C31H34N6O3. The molecule has 2 N–H and O–H groups in total. The lowest BCUT2D eigenvalue weighted by atomic mass is 10.1. The fourth-order valence-electron chi connectivity index (χ4n) is 3.95. The first kappa shape index (κ1) is 28.1. The van der Waals surface area contributed by atoms with Crippen molar-refractivity contribution in [3.05, 3.63) is 91.6 Å². The van der Waals surface area contributed by atoms with E-state index in [0.29, 0.717) is 28.8 Å². The van der Waals surface area contributed by atoms with Gasteiger partial charge in [0.05, 0.1) is 29.9 Å². The molecule has 0 atom stereocenters. The van der Waals surface area contributed by atoms with Crippen LogP contribution in [0.25, 0.3) is 11.3 Å². The minimum absolute atomic E-state index is 0.311. The molecule has 9 heteroatoms. The van der Waals surface area contributed by atoms with Crippen molar-refractivity contribution in [2.45, 2.75) is 0 Å². The Bertz CT molecular complexity index is 1460. The van der Waals surface area contributed by atoms with Crippen molar-refractivity contribution in [1.82, 2.24) is 14.9 Å². The highest BCUT2D eigenvalue weighted by Gasteiger charge is 2.17. The normalized spacial score (nSPS) is 10.6. The van der Waals surface area contributed by atoms with Crippen molar-refractivity contribution < 1.29 is 14.3 Å². The molecule has 0 spiro atoms. The van der Waals surface area contributed by atoms with E-state index in [9.17, 15) is 4.79 Å². The number of nitrogens with zero attached hydrogens (tertiary/aromatic N) is 4. The van der Waals surface area contributed by atoms with Crippen LogP contribution in [0.1, 0.15) is 0 Å². The molecule has 3 aromatic carbocycles. The number of hydrogen-bond acceptors (Lipinski definition) is 8. The molecule has 0 aliphatic heterocycles. The summed E-state index contributed by atoms with van der Waals surface area (Å²) in [5, 5.41) is 6.16. The van der Waals surface area contributed by atoms with Crippen molar-refractivity contribution in [2.75, 3.05) is 56.9 Å². The van der Waals surface area contributed by atoms with Gasteiger partial charge in [-0.2, -0.15) is 0 Å². The van der Waals surface area contributed by atoms with Gasteiger partial charge in [-0.3, -0.25) is 4.79 Å². The van der Waals surface area contributed by atoms with Gasteiger partial charge >= 0.3 is 0 Å². The number of amides is 1. The number of para-hydroxylation sites is 1. The molecule has 1 amide bonds. The Balaban J connectivity index is 1.62. The van der Waals surface area contributed by atoms with Gasteiger partial charge in [0, 0.05) is 38.0 Å². The average molecular weight is 539 g/mol. The van der Waals surface area contributed by atoms with E-state index < -0.39 is 0 Å². The molecule has 4 aromatic rings. The van der Waals surface area contributed by atoms with Crippen LogP contribution in [0.4, 0.5) is 23.0 Å². The Labute approximate surface area is 235 Å². The van der Waals surface area contributed by atoms with Crippen LogP contribution in [0, 0.1) is 0 Å². The van der Waals surface area contributed by atoms with Crippen molar-refractivity contribution in [1.29, 1.82) is 0 Å². The topological polar surface area (TPSA) is 91.8 Å². The highest BCUT2D eigenvalue weighted by molar-refractivity contribution is 6.02. The zero-order valence-electron chi connectivity index (χ0n) is 23.2. The Hall–Kier alpha value is -4.89. The molecule has 206 valence electrons. The van der Waals surface area contributed by atoms with Crippen LogP contribution in [-0.2, 0) is 4.79 Å². The van der Waals surface area contributed by atoms with Gasteiger partial charge in [0.15, 0.2) is 0 Å². The van der Waals surface area contributed by atoms with E-state index in [4.69, 9.17) is 14.5 Å². The minimum Gasteiger partial charge on any atom is -0.494 e. The minimum atomic E-state index is -0.311. The van der Waals surface area contributed by atoms with Gasteiger partial charge in [0.1, 0.15) is 17.2 Å². The second-order valence-corrected chi connectivity index (χ2v) is 9.32. The summed E-state index contributed by atoms with van der Waals surface area (Å²) in [7, 11) is 7.60. The van der Waals surface area contributed by atoms with Gasteiger partial charge in [0.2, 0.25) is 11.9 Å². The number of methoxy groups -OCH3 is 1. The number of anilines is 4. The van der Waals surface area contributed by atoms with E-state index in [-0.39, 0.29) is 5.91 Å². The van der Waals surface area contributed by atoms with Gasteiger partial charge in [-0.05, 0) is 56.6 Å². The summed E-state index contributed by atoms with van der Waals surface area (Å²) in [5.74, 6) is 2.10. The number of ether oxygens (including phenoxy) is 2. The van der Waals surface area contributed by atoms with Gasteiger partial charge in [0.25, 0.3) is 0 Å². The lowest BCUT2D eigenvalue weighted by Crippen LogP contribution is -2.29. The van der Waals surface area contributed by atoms with Crippen LogP contribution in [0.15, 0.2) is 91.6 Å². The molecule has 0 unspecified atom stereocenters. The summed E-state index contributed by atoms with van der Waals surface area (Å²) in [4.78, 5) is 25.5. The first-order valence-electron chi connectivity index (χ1n) is 12.8. The molecule has 4 rings (SSSR count). The summed E-state index contributed by atoms with van der Waals surface area (Å²) in [5.41, 5.74) is 3.61. The van der Waals surface area contributed by atoms with Crippen molar-refractivity contribution in [2.24, 2.45) is 0 Å². The number of hydrogen-bond donors (Lipinski definition) is 2. The van der Waals surface area contributed by atoms with Crippen LogP contribution in [0.3, 0.4) is 0 Å². The highest BCUT2D eigenvalue weighted by atomic mass is 16.5. The lowest BCUT2D eigenvalue weighted by Gasteiger charge is -2.26. The number of nitrogens with one attached hydrogen (secondary N) is 2. The fraction of sp³-hybridized carbons (Fsp3) is 0.194. The summed E-state index contributed by atoms with van der Waals surface area (Å²) >= 11 is 0. The number of carbonyl (C=O) groups is 1.